The van der Waals surface area contributed by atoms with Crippen LogP contribution in [0.3, 0.4) is 0 Å². The van der Waals surface area contributed by atoms with E-state index < -0.39 is 12.0 Å². The maximum Gasteiger partial charge on any atom is 0.325 e. The predicted molar refractivity (Wildman–Crippen MR) is 73.9 cm³/mol. The van der Waals surface area contributed by atoms with E-state index in [-0.39, 0.29) is 12.5 Å². The van der Waals surface area contributed by atoms with Gasteiger partial charge in [-0.1, -0.05) is 23.2 Å². The molecule has 0 saturated carbocycles. The van der Waals surface area contributed by atoms with Crippen LogP contribution in [-0.2, 0) is 14.3 Å². The fourth-order valence-corrected chi connectivity index (χ4v) is 2.20. The van der Waals surface area contributed by atoms with Crippen molar-refractivity contribution in [2.24, 2.45) is 0 Å². The number of nitrogens with one attached hydrogen (secondary N) is 1. The van der Waals surface area contributed by atoms with Gasteiger partial charge in [-0.25, -0.2) is 0 Å². The minimum atomic E-state index is -0.500. The van der Waals surface area contributed by atoms with Crippen LogP contribution in [0.25, 0.3) is 0 Å². The number of hydrogen-bond acceptors (Lipinski definition) is 4. The number of hydrogen-bond donors (Lipinski definition) is 1. The van der Waals surface area contributed by atoms with E-state index in [9.17, 15) is 9.59 Å². The van der Waals surface area contributed by atoms with Crippen molar-refractivity contribution in [2.75, 3.05) is 23.9 Å². The molecule has 7 heteroatoms. The molecule has 1 heterocycles. The molecular formula is C12H12Cl2N2O3. The summed E-state index contributed by atoms with van der Waals surface area (Å²) >= 11 is 11.9. The molecule has 1 aromatic rings. The summed E-state index contributed by atoms with van der Waals surface area (Å²) in [5.74, 6) is -0.726. The van der Waals surface area contributed by atoms with Crippen LogP contribution in [0.1, 0.15) is 6.92 Å². The monoisotopic (exact) mass is 302 g/mol. The Morgan fingerprint density at radius 2 is 2.05 bits per heavy atom. The number of ether oxygens (including phenoxy) is 1. The Kier molecular flexibility index (Phi) is 3.87. The number of rotatable bonds is 2. The van der Waals surface area contributed by atoms with Gasteiger partial charge in [-0.2, -0.15) is 0 Å². The summed E-state index contributed by atoms with van der Waals surface area (Å²) in [6.45, 7) is 1.55. The molecule has 0 fully saturated rings. The largest absolute Gasteiger partial charge is 0.468 e. The quantitative estimate of drug-likeness (QED) is 0.852. The fourth-order valence-electron chi connectivity index (χ4n) is 1.88. The molecule has 1 N–H and O–H groups in total. The molecule has 0 aromatic heterocycles. The summed E-state index contributed by atoms with van der Waals surface area (Å²) in [4.78, 5) is 24.9. The molecule has 2 rings (SSSR count). The van der Waals surface area contributed by atoms with Gasteiger partial charge in [0, 0.05) is 0 Å². The second kappa shape index (κ2) is 5.27. The number of esters is 1. The average molecular weight is 303 g/mol. The molecule has 1 aromatic carbocycles. The third-order valence-corrected chi connectivity index (χ3v) is 3.57. The Labute approximate surface area is 120 Å². The van der Waals surface area contributed by atoms with Crippen molar-refractivity contribution in [3.63, 3.8) is 0 Å². The van der Waals surface area contributed by atoms with Crippen molar-refractivity contribution in [3.8, 4) is 0 Å². The predicted octanol–water partition coefficient (Wildman–Crippen LogP) is 2.31. The Morgan fingerprint density at radius 3 is 2.68 bits per heavy atom. The van der Waals surface area contributed by atoms with Crippen molar-refractivity contribution >= 4 is 46.5 Å². The lowest BCUT2D eigenvalue weighted by Crippen LogP contribution is -2.48. The lowest BCUT2D eigenvalue weighted by Gasteiger charge is -2.33. The molecule has 1 aliphatic heterocycles. The number of halogens is 2. The Bertz CT molecular complexity index is 548. The smallest absolute Gasteiger partial charge is 0.325 e. The van der Waals surface area contributed by atoms with Gasteiger partial charge in [0.15, 0.2) is 0 Å². The third kappa shape index (κ3) is 2.62. The molecule has 0 radical (unpaired) electrons. The molecule has 1 unspecified atom stereocenters. The second-order valence-electron chi connectivity index (χ2n) is 4.15. The van der Waals surface area contributed by atoms with Crippen molar-refractivity contribution in [2.45, 2.75) is 13.0 Å². The molecule has 0 saturated heterocycles. The van der Waals surface area contributed by atoms with Crippen LogP contribution >= 0.6 is 23.2 Å². The van der Waals surface area contributed by atoms with Crippen LogP contribution in [0.4, 0.5) is 11.4 Å². The summed E-state index contributed by atoms with van der Waals surface area (Å²) < 4.78 is 4.59. The van der Waals surface area contributed by atoms with Gasteiger partial charge in [0.05, 0.1) is 28.5 Å². The van der Waals surface area contributed by atoms with E-state index >= 15 is 0 Å². The summed E-state index contributed by atoms with van der Waals surface area (Å²) in [6, 6.07) is 2.74. The van der Waals surface area contributed by atoms with Gasteiger partial charge in [-0.15, -0.1) is 0 Å². The summed E-state index contributed by atoms with van der Waals surface area (Å²) in [5.41, 5.74) is 1.17. The maximum atomic E-state index is 12.1. The molecule has 1 atom stereocenters. The first-order valence-corrected chi connectivity index (χ1v) is 6.33. The highest BCUT2D eigenvalue weighted by Gasteiger charge is 2.31. The highest BCUT2D eigenvalue weighted by molar-refractivity contribution is 6.42. The van der Waals surface area contributed by atoms with Gasteiger partial charge in [0.2, 0.25) is 5.91 Å². The summed E-state index contributed by atoms with van der Waals surface area (Å²) in [5, 5.41) is 3.71. The number of nitrogens with zero attached hydrogens (tertiary/aromatic N) is 1. The normalized spacial score (nSPS) is 17.8. The van der Waals surface area contributed by atoms with Crippen LogP contribution in [0.5, 0.6) is 0 Å². The molecule has 0 spiro atoms. The van der Waals surface area contributed by atoms with Gasteiger partial charge in [0.25, 0.3) is 0 Å². The molecule has 102 valence electrons. The number of carbonyl (C=O) groups is 2. The Balaban J connectivity index is 2.46. The van der Waals surface area contributed by atoms with Gasteiger partial charge < -0.3 is 10.1 Å². The number of anilines is 2. The van der Waals surface area contributed by atoms with Crippen LogP contribution in [0.2, 0.25) is 10.0 Å². The first kappa shape index (κ1) is 14.0. The topological polar surface area (TPSA) is 58.6 Å². The van der Waals surface area contributed by atoms with Crippen LogP contribution in [-0.4, -0.2) is 31.6 Å². The lowest BCUT2D eigenvalue weighted by molar-refractivity contribution is -0.140. The number of methoxy groups -OCH3 is 1. The van der Waals surface area contributed by atoms with E-state index in [0.29, 0.717) is 21.4 Å². The molecule has 0 aliphatic carbocycles. The molecule has 1 amide bonds. The lowest BCUT2D eigenvalue weighted by atomic mass is 10.1. The molecule has 5 nitrogen and oxygen atoms in total. The standard InChI is InChI=1S/C12H12Cl2N2O3/c1-6-12(18)16(5-11(17)19-2)10-4-8(14)7(13)3-9(10)15-6/h3-4,6,15H,5H2,1-2H3. The van der Waals surface area contributed by atoms with E-state index in [1.807, 2.05) is 0 Å². The van der Waals surface area contributed by atoms with E-state index in [0.717, 1.165) is 0 Å². The van der Waals surface area contributed by atoms with Gasteiger partial charge in [0.1, 0.15) is 12.6 Å². The molecule has 1 aliphatic rings. The van der Waals surface area contributed by atoms with Crippen LogP contribution in [0.15, 0.2) is 12.1 Å². The number of carbonyl (C=O) groups excluding carboxylic acids is 2. The van der Waals surface area contributed by atoms with Crippen molar-refractivity contribution in [1.29, 1.82) is 0 Å². The highest BCUT2D eigenvalue weighted by Crippen LogP contribution is 2.38. The number of fused-ring (bicyclic) bond motifs is 1. The molecule has 19 heavy (non-hydrogen) atoms. The van der Waals surface area contributed by atoms with Gasteiger partial charge in [-0.05, 0) is 19.1 Å². The minimum Gasteiger partial charge on any atom is -0.468 e. The zero-order valence-corrected chi connectivity index (χ0v) is 11.9. The zero-order chi connectivity index (χ0) is 14.2. The van der Waals surface area contributed by atoms with Gasteiger partial charge in [-0.3, -0.25) is 14.5 Å². The Morgan fingerprint density at radius 1 is 1.42 bits per heavy atom. The van der Waals surface area contributed by atoms with Crippen molar-refractivity contribution in [3.05, 3.63) is 22.2 Å². The van der Waals surface area contributed by atoms with Crippen LogP contribution < -0.4 is 10.2 Å². The molecule has 0 bridgehead atoms. The fraction of sp³-hybridized carbons (Fsp3) is 0.333. The second-order valence-corrected chi connectivity index (χ2v) is 4.96. The first-order valence-electron chi connectivity index (χ1n) is 5.57. The third-order valence-electron chi connectivity index (χ3n) is 2.85. The average Bonchev–Trinajstić information content (AvgIpc) is 2.37. The summed E-state index contributed by atoms with van der Waals surface area (Å²) in [6.07, 6.45) is 0. The van der Waals surface area contributed by atoms with Crippen molar-refractivity contribution < 1.29 is 14.3 Å². The first-order chi connectivity index (χ1) is 8.93. The zero-order valence-electron chi connectivity index (χ0n) is 10.4. The minimum absolute atomic E-state index is 0.160. The van der Waals surface area contributed by atoms with Crippen LogP contribution in [0, 0.1) is 0 Å². The highest BCUT2D eigenvalue weighted by atomic mass is 35.5. The maximum absolute atomic E-state index is 12.1. The number of amides is 1. The number of benzene rings is 1. The summed E-state index contributed by atoms with van der Waals surface area (Å²) in [7, 11) is 1.27. The van der Waals surface area contributed by atoms with Gasteiger partial charge >= 0.3 is 5.97 Å². The van der Waals surface area contributed by atoms with E-state index in [2.05, 4.69) is 10.1 Å². The van der Waals surface area contributed by atoms with E-state index in [4.69, 9.17) is 23.2 Å². The SMILES string of the molecule is COC(=O)CN1C(=O)C(C)Nc2cc(Cl)c(Cl)cc21. The van der Waals surface area contributed by atoms with E-state index in [1.165, 1.54) is 12.0 Å². The Hall–Kier alpha value is -1.46. The molecular weight excluding hydrogens is 291 g/mol. The van der Waals surface area contributed by atoms with E-state index in [1.54, 1.807) is 19.1 Å². The van der Waals surface area contributed by atoms with Crippen molar-refractivity contribution in [1.82, 2.24) is 0 Å².